The molecular formula is C19H26BrN2O+. The number of alkyl halides is 1. The van der Waals surface area contributed by atoms with Crippen molar-refractivity contribution in [1.29, 1.82) is 0 Å². The first-order valence-electron chi connectivity index (χ1n) is 7.80. The van der Waals surface area contributed by atoms with E-state index >= 15 is 0 Å². The van der Waals surface area contributed by atoms with Crippen molar-refractivity contribution in [3.8, 4) is 0 Å². The molecule has 1 aromatic rings. The van der Waals surface area contributed by atoms with Gasteiger partial charge in [-0.1, -0.05) is 65.7 Å². The summed E-state index contributed by atoms with van der Waals surface area (Å²) in [6.45, 7) is 3.91. The van der Waals surface area contributed by atoms with Crippen molar-refractivity contribution in [1.82, 2.24) is 0 Å². The molecule has 1 aliphatic carbocycles. The summed E-state index contributed by atoms with van der Waals surface area (Å²) >= 11 is 2.94. The van der Waals surface area contributed by atoms with Crippen LogP contribution in [0.2, 0.25) is 0 Å². The Labute approximate surface area is 147 Å². The van der Waals surface area contributed by atoms with Gasteiger partial charge < -0.3 is 5.73 Å². The molecule has 0 bridgehead atoms. The van der Waals surface area contributed by atoms with Crippen molar-refractivity contribution in [3.05, 3.63) is 60.3 Å². The van der Waals surface area contributed by atoms with Gasteiger partial charge in [0.2, 0.25) is 5.78 Å². The normalized spacial score (nSPS) is 16.7. The lowest BCUT2D eigenvalue weighted by Crippen LogP contribution is -2.72. The fourth-order valence-electron chi connectivity index (χ4n) is 3.01. The lowest BCUT2D eigenvalue weighted by molar-refractivity contribution is -0.438. The van der Waals surface area contributed by atoms with Crippen molar-refractivity contribution in [2.45, 2.75) is 31.1 Å². The second kappa shape index (κ2) is 10.2. The molecule has 0 unspecified atom stereocenters. The van der Waals surface area contributed by atoms with E-state index in [2.05, 4.69) is 39.6 Å². The number of allylic oxidation sites excluding steroid dienone is 2. The van der Waals surface area contributed by atoms with Gasteiger partial charge in [0, 0.05) is 11.8 Å². The second-order valence-electron chi connectivity index (χ2n) is 5.50. The Morgan fingerprint density at radius 1 is 1.30 bits per heavy atom. The summed E-state index contributed by atoms with van der Waals surface area (Å²) in [6, 6.07) is 10.2. The molecule has 2 rings (SSSR count). The Hall–Kier alpha value is -1.68. The third-order valence-corrected chi connectivity index (χ3v) is 4.21. The van der Waals surface area contributed by atoms with E-state index < -0.39 is 0 Å². The summed E-state index contributed by atoms with van der Waals surface area (Å²) in [6.07, 6.45) is 9.13. The zero-order valence-corrected chi connectivity index (χ0v) is 15.3. The number of hydrogen-bond acceptors (Lipinski definition) is 2. The molecule has 0 aliphatic heterocycles. The van der Waals surface area contributed by atoms with Crippen LogP contribution in [0.25, 0.3) is 0 Å². The first-order chi connectivity index (χ1) is 11.2. The summed E-state index contributed by atoms with van der Waals surface area (Å²) in [5.41, 5.74) is 7.03. The monoisotopic (exact) mass is 377 g/mol. The molecule has 0 heterocycles. The summed E-state index contributed by atoms with van der Waals surface area (Å²) in [5, 5.41) is 0. The van der Waals surface area contributed by atoms with Crippen LogP contribution in [0.4, 0.5) is 0 Å². The number of rotatable bonds is 6. The topological polar surface area (TPSA) is 57.1 Å². The fraction of sp³-hybridized carbons (Fsp3) is 0.368. The summed E-state index contributed by atoms with van der Waals surface area (Å²) < 4.78 is 0. The number of Topliss-reactive ketones (excluding diaryl/α,β-unsaturated/α-hetero) is 1. The average molecular weight is 378 g/mol. The molecule has 1 fully saturated rings. The Kier molecular flexibility index (Phi) is 8.56. The molecule has 0 saturated heterocycles. The maximum absolute atomic E-state index is 12.7. The van der Waals surface area contributed by atoms with Crippen molar-refractivity contribution >= 4 is 27.9 Å². The minimum absolute atomic E-state index is 0.257. The van der Waals surface area contributed by atoms with Crippen LogP contribution >= 0.6 is 15.9 Å². The van der Waals surface area contributed by atoms with Crippen molar-refractivity contribution in [2.75, 3.05) is 12.4 Å². The number of hydrogen-bond donors (Lipinski definition) is 2. The zero-order valence-electron chi connectivity index (χ0n) is 13.7. The first kappa shape index (κ1) is 19.4. The molecular weight excluding hydrogens is 352 g/mol. The predicted molar refractivity (Wildman–Crippen MR) is 101 cm³/mol. The summed E-state index contributed by atoms with van der Waals surface area (Å²) in [5.74, 6) is 2.07. The lowest BCUT2D eigenvalue weighted by Gasteiger charge is -2.26. The molecule has 4 heteroatoms. The smallest absolute Gasteiger partial charge is 0.207 e. The van der Waals surface area contributed by atoms with Crippen LogP contribution < -0.4 is 10.7 Å². The predicted octanol–water partition coefficient (Wildman–Crippen LogP) is 2.26. The molecule has 1 saturated carbocycles. The van der Waals surface area contributed by atoms with E-state index in [-0.39, 0.29) is 11.2 Å². The number of carbonyl (C=O) groups excluding carboxylic acids is 1. The van der Waals surface area contributed by atoms with Gasteiger partial charge in [0.25, 0.3) is 0 Å². The number of ketones is 1. The Morgan fingerprint density at radius 3 is 2.48 bits per heavy atom. The number of halogens is 1. The molecule has 0 atom stereocenters. The molecule has 0 radical (unpaired) electrons. The minimum atomic E-state index is -0.310. The number of carbonyl (C=O) groups is 1. The van der Waals surface area contributed by atoms with Gasteiger partial charge in [-0.05, 0) is 30.3 Å². The molecule has 124 valence electrons. The van der Waals surface area contributed by atoms with E-state index in [1.54, 1.807) is 18.4 Å². The molecule has 1 aliphatic rings. The lowest BCUT2D eigenvalue weighted by atomic mass is 9.75. The van der Waals surface area contributed by atoms with E-state index in [9.17, 15) is 4.79 Å². The van der Waals surface area contributed by atoms with Crippen LogP contribution in [-0.2, 0) is 10.2 Å². The van der Waals surface area contributed by atoms with Gasteiger partial charge in [0.15, 0.2) is 12.8 Å². The van der Waals surface area contributed by atoms with Crippen LogP contribution in [0.15, 0.2) is 54.8 Å². The van der Waals surface area contributed by atoms with E-state index in [1.807, 2.05) is 24.0 Å². The van der Waals surface area contributed by atoms with Crippen molar-refractivity contribution in [3.63, 3.8) is 0 Å². The maximum atomic E-state index is 12.7. The highest BCUT2D eigenvalue weighted by atomic mass is 79.9. The summed E-state index contributed by atoms with van der Waals surface area (Å²) in [4.78, 5) is 15.8. The van der Waals surface area contributed by atoms with E-state index in [0.29, 0.717) is 12.2 Å². The summed E-state index contributed by atoms with van der Waals surface area (Å²) in [7, 11) is 0. The SMILES string of the molecule is C=C/C(N)=C\C=[NH+]CC(=O)C1(c2ccccc2)CCCC1.CBr. The largest absolute Gasteiger partial charge is 0.399 e. The van der Waals surface area contributed by atoms with Crippen LogP contribution in [-0.4, -0.2) is 24.4 Å². The molecule has 3 N–H and O–H groups in total. The van der Waals surface area contributed by atoms with E-state index in [0.717, 1.165) is 31.2 Å². The maximum Gasteiger partial charge on any atom is 0.207 e. The van der Waals surface area contributed by atoms with Crippen molar-refractivity contribution < 1.29 is 9.79 Å². The standard InChI is InChI=1S/C18H22N2O.CH3Br/c1-2-16(19)10-13-20-14-17(21)18(11-6-7-12-18)15-8-4-3-5-9-15;1-2/h2-5,8-10,13H,1,6-7,11-12,14,19H2;1H3/p+1/b16-10+,20-13?;. The fourth-order valence-corrected chi connectivity index (χ4v) is 3.01. The third-order valence-electron chi connectivity index (χ3n) is 4.21. The van der Waals surface area contributed by atoms with Gasteiger partial charge in [0.05, 0.1) is 5.41 Å². The highest BCUT2D eigenvalue weighted by molar-refractivity contribution is 9.08. The molecule has 0 aromatic heterocycles. The second-order valence-corrected chi connectivity index (χ2v) is 5.50. The zero-order chi connectivity index (χ0) is 17.1. The highest BCUT2D eigenvalue weighted by Gasteiger charge is 2.42. The van der Waals surface area contributed by atoms with Gasteiger partial charge in [-0.2, -0.15) is 0 Å². The molecule has 3 nitrogen and oxygen atoms in total. The quantitative estimate of drug-likeness (QED) is 0.453. The van der Waals surface area contributed by atoms with Gasteiger partial charge in [-0.3, -0.25) is 4.79 Å². The molecule has 0 spiro atoms. The van der Waals surface area contributed by atoms with Gasteiger partial charge in [-0.25, -0.2) is 4.99 Å². The van der Waals surface area contributed by atoms with E-state index in [1.165, 1.54) is 0 Å². The van der Waals surface area contributed by atoms with Crippen LogP contribution in [0, 0.1) is 0 Å². The van der Waals surface area contributed by atoms with Crippen molar-refractivity contribution in [2.24, 2.45) is 5.73 Å². The van der Waals surface area contributed by atoms with E-state index in [4.69, 9.17) is 5.73 Å². The van der Waals surface area contributed by atoms with Gasteiger partial charge in [-0.15, -0.1) is 0 Å². The number of benzene rings is 1. The number of nitrogens with two attached hydrogens (primary N) is 1. The third kappa shape index (κ3) is 5.17. The Morgan fingerprint density at radius 2 is 1.91 bits per heavy atom. The molecule has 1 aromatic carbocycles. The molecule has 23 heavy (non-hydrogen) atoms. The average Bonchev–Trinajstić information content (AvgIpc) is 3.12. The Balaban J connectivity index is 0.00000127. The number of nitrogens with one attached hydrogen (secondary N) is 1. The van der Waals surface area contributed by atoms with Gasteiger partial charge in [0.1, 0.15) is 0 Å². The molecule has 0 amide bonds. The van der Waals surface area contributed by atoms with Crippen LogP contribution in [0.3, 0.4) is 0 Å². The van der Waals surface area contributed by atoms with Crippen LogP contribution in [0.1, 0.15) is 31.2 Å². The first-order valence-corrected chi connectivity index (χ1v) is 9.39. The van der Waals surface area contributed by atoms with Crippen LogP contribution in [0.5, 0.6) is 0 Å². The van der Waals surface area contributed by atoms with Gasteiger partial charge >= 0.3 is 0 Å². The Bertz CT molecular complexity index is 558. The minimum Gasteiger partial charge on any atom is -0.399 e. The highest BCUT2D eigenvalue weighted by Crippen LogP contribution is 2.41.